The molecule has 1 amide bonds. The summed E-state index contributed by atoms with van der Waals surface area (Å²) < 4.78 is 40.2. The zero-order chi connectivity index (χ0) is 22.6. The van der Waals surface area contributed by atoms with Crippen LogP contribution >= 0.6 is 0 Å². The first kappa shape index (κ1) is 23.1. The fourth-order valence-electron chi connectivity index (χ4n) is 3.49. The van der Waals surface area contributed by atoms with Crippen LogP contribution in [-0.4, -0.2) is 72.5 Å². The average molecular weight is 451 g/mol. The number of benzene rings is 1. The van der Waals surface area contributed by atoms with Crippen molar-refractivity contribution in [3.05, 3.63) is 35.8 Å². The number of rotatable bonds is 7. The third kappa shape index (κ3) is 5.01. The maximum atomic E-state index is 13.1. The van der Waals surface area contributed by atoms with Crippen LogP contribution in [0.15, 0.2) is 29.4 Å². The van der Waals surface area contributed by atoms with Crippen LogP contribution in [0, 0.1) is 6.92 Å². The Morgan fingerprint density at radius 2 is 1.77 bits per heavy atom. The smallest absolute Gasteiger partial charge is 0.262 e. The molecule has 0 spiro atoms. The van der Waals surface area contributed by atoms with Gasteiger partial charge in [0, 0.05) is 45.0 Å². The van der Waals surface area contributed by atoms with Gasteiger partial charge in [-0.2, -0.15) is 4.31 Å². The highest BCUT2D eigenvalue weighted by Crippen LogP contribution is 2.29. The number of imidazole rings is 1. The van der Waals surface area contributed by atoms with E-state index in [4.69, 9.17) is 9.47 Å². The van der Waals surface area contributed by atoms with E-state index in [1.54, 1.807) is 41.6 Å². The van der Waals surface area contributed by atoms with E-state index in [0.29, 0.717) is 62.2 Å². The number of amides is 1. The van der Waals surface area contributed by atoms with Crippen molar-refractivity contribution in [2.45, 2.75) is 32.2 Å². The van der Waals surface area contributed by atoms with Crippen molar-refractivity contribution < 1.29 is 22.7 Å². The number of hydrogen-bond donors (Lipinski definition) is 0. The highest BCUT2D eigenvalue weighted by Gasteiger charge is 2.30. The molecule has 2 heterocycles. The average Bonchev–Trinajstić information content (AvgIpc) is 2.94. The summed E-state index contributed by atoms with van der Waals surface area (Å²) in [5.74, 6) is 1.60. The van der Waals surface area contributed by atoms with Gasteiger partial charge in [0.15, 0.2) is 16.5 Å². The van der Waals surface area contributed by atoms with Crippen molar-refractivity contribution in [2.75, 3.05) is 39.4 Å². The van der Waals surface area contributed by atoms with Gasteiger partial charge in [-0.1, -0.05) is 0 Å². The van der Waals surface area contributed by atoms with Crippen LogP contribution in [0.25, 0.3) is 0 Å². The Morgan fingerprint density at radius 3 is 2.42 bits per heavy atom. The van der Waals surface area contributed by atoms with E-state index in [1.165, 1.54) is 10.5 Å². The summed E-state index contributed by atoms with van der Waals surface area (Å²) in [6.07, 6.45) is 2.07. The lowest BCUT2D eigenvalue weighted by atomic mass is 10.1. The van der Waals surface area contributed by atoms with Crippen molar-refractivity contribution in [1.82, 2.24) is 18.8 Å². The SMILES string of the molecule is CCOc1ccc(C(=O)N2CCCN(S(=O)(=O)c3cn(C)c(C)n3)CC2)cc1OCC. The predicted octanol–water partition coefficient (Wildman–Crippen LogP) is 2.06. The summed E-state index contributed by atoms with van der Waals surface area (Å²) in [5.41, 5.74) is 0.489. The number of carbonyl (C=O) groups excluding carboxylic acids is 1. The molecule has 0 radical (unpaired) electrons. The number of hydrogen-bond acceptors (Lipinski definition) is 6. The molecule has 1 fully saturated rings. The van der Waals surface area contributed by atoms with E-state index in [-0.39, 0.29) is 17.5 Å². The number of aryl methyl sites for hydroxylation is 2. The number of carbonyl (C=O) groups is 1. The summed E-state index contributed by atoms with van der Waals surface area (Å²) in [6, 6.07) is 5.14. The van der Waals surface area contributed by atoms with E-state index in [1.807, 2.05) is 13.8 Å². The summed E-state index contributed by atoms with van der Waals surface area (Å²) in [6.45, 7) is 7.82. The van der Waals surface area contributed by atoms with E-state index < -0.39 is 10.0 Å². The molecule has 0 unspecified atom stereocenters. The molecule has 3 rings (SSSR count). The number of nitrogens with zero attached hydrogens (tertiary/aromatic N) is 4. The second kappa shape index (κ2) is 9.69. The van der Waals surface area contributed by atoms with Crippen LogP contribution in [0.3, 0.4) is 0 Å². The summed E-state index contributed by atoms with van der Waals surface area (Å²) in [7, 11) is -1.94. The van der Waals surface area contributed by atoms with Crippen molar-refractivity contribution in [2.24, 2.45) is 7.05 Å². The van der Waals surface area contributed by atoms with Crippen molar-refractivity contribution in [3.63, 3.8) is 0 Å². The molecule has 0 N–H and O–H groups in total. The maximum Gasteiger partial charge on any atom is 0.262 e. The van der Waals surface area contributed by atoms with E-state index >= 15 is 0 Å². The first-order valence-electron chi connectivity index (χ1n) is 10.5. The van der Waals surface area contributed by atoms with Crippen molar-refractivity contribution >= 4 is 15.9 Å². The molecule has 0 aliphatic carbocycles. The Hall–Kier alpha value is -2.59. The largest absolute Gasteiger partial charge is 0.490 e. The molecule has 31 heavy (non-hydrogen) atoms. The molecule has 1 aromatic heterocycles. The standard InChI is InChI=1S/C21H30N4O5S/c1-5-29-18-9-8-17(14-19(18)30-6-2)21(26)24-10-7-11-25(13-12-24)31(27,28)20-15-23(4)16(3)22-20/h8-9,14-15H,5-7,10-13H2,1-4H3. The van der Waals surface area contributed by atoms with Crippen molar-refractivity contribution in [1.29, 1.82) is 0 Å². The molecule has 9 nitrogen and oxygen atoms in total. The summed E-state index contributed by atoms with van der Waals surface area (Å²) >= 11 is 0. The Labute approximate surface area is 183 Å². The highest BCUT2D eigenvalue weighted by atomic mass is 32.2. The normalized spacial score (nSPS) is 15.5. The van der Waals surface area contributed by atoms with Crippen LogP contribution < -0.4 is 9.47 Å². The molecule has 2 aromatic rings. The molecule has 0 saturated carbocycles. The van der Waals surface area contributed by atoms with Gasteiger partial charge in [0.05, 0.1) is 13.2 Å². The zero-order valence-electron chi connectivity index (χ0n) is 18.5. The minimum absolute atomic E-state index is 0.0418. The van der Waals surface area contributed by atoms with Crippen molar-refractivity contribution in [3.8, 4) is 11.5 Å². The monoisotopic (exact) mass is 450 g/mol. The number of ether oxygens (including phenoxy) is 2. The predicted molar refractivity (Wildman–Crippen MR) is 116 cm³/mol. The summed E-state index contributed by atoms with van der Waals surface area (Å²) in [5, 5.41) is 0.0418. The summed E-state index contributed by atoms with van der Waals surface area (Å²) in [4.78, 5) is 19.0. The molecule has 0 bridgehead atoms. The van der Waals surface area contributed by atoms with Crippen LogP contribution in [0.4, 0.5) is 0 Å². The quantitative estimate of drug-likeness (QED) is 0.641. The molecule has 1 aliphatic heterocycles. The Balaban J connectivity index is 1.74. The van der Waals surface area contributed by atoms with Gasteiger partial charge in [0.1, 0.15) is 5.82 Å². The first-order chi connectivity index (χ1) is 14.8. The van der Waals surface area contributed by atoms with E-state index in [2.05, 4.69) is 4.98 Å². The lowest BCUT2D eigenvalue weighted by molar-refractivity contribution is 0.0763. The molecule has 170 valence electrons. The van der Waals surface area contributed by atoms with Gasteiger partial charge in [0.2, 0.25) is 0 Å². The molecule has 1 aromatic carbocycles. The van der Waals surface area contributed by atoms with Crippen LogP contribution in [0.2, 0.25) is 0 Å². The number of sulfonamides is 1. The molecule has 0 atom stereocenters. The fraction of sp³-hybridized carbons (Fsp3) is 0.524. The van der Waals surface area contributed by atoms with Gasteiger partial charge >= 0.3 is 0 Å². The second-order valence-corrected chi connectivity index (χ2v) is 9.20. The van der Waals surface area contributed by atoms with Crippen LogP contribution in [0.5, 0.6) is 11.5 Å². The van der Waals surface area contributed by atoms with Crippen LogP contribution in [0.1, 0.15) is 36.5 Å². The Morgan fingerprint density at radius 1 is 1.06 bits per heavy atom. The fourth-order valence-corrected chi connectivity index (χ4v) is 4.98. The van der Waals surface area contributed by atoms with Gasteiger partial charge in [-0.15, -0.1) is 0 Å². The topological polar surface area (TPSA) is 94.0 Å². The van der Waals surface area contributed by atoms with Gasteiger partial charge in [-0.25, -0.2) is 13.4 Å². The highest BCUT2D eigenvalue weighted by molar-refractivity contribution is 7.89. The third-order valence-electron chi connectivity index (χ3n) is 5.22. The van der Waals surface area contributed by atoms with Gasteiger partial charge in [0.25, 0.3) is 15.9 Å². The second-order valence-electron chi connectivity index (χ2n) is 7.31. The molecule has 1 aliphatic rings. The lowest BCUT2D eigenvalue weighted by Crippen LogP contribution is -2.37. The Kier molecular flexibility index (Phi) is 7.22. The molecule has 1 saturated heterocycles. The third-order valence-corrected chi connectivity index (χ3v) is 6.99. The van der Waals surface area contributed by atoms with Crippen LogP contribution in [-0.2, 0) is 17.1 Å². The Bertz CT molecular complexity index is 1010. The molecular formula is C21H30N4O5S. The molecule has 10 heteroatoms. The minimum atomic E-state index is -3.70. The molecular weight excluding hydrogens is 420 g/mol. The van der Waals surface area contributed by atoms with E-state index in [9.17, 15) is 13.2 Å². The zero-order valence-corrected chi connectivity index (χ0v) is 19.3. The first-order valence-corrected chi connectivity index (χ1v) is 11.9. The maximum absolute atomic E-state index is 13.1. The van der Waals surface area contributed by atoms with Gasteiger partial charge < -0.3 is 18.9 Å². The van der Waals surface area contributed by atoms with E-state index in [0.717, 1.165) is 0 Å². The number of aromatic nitrogens is 2. The minimum Gasteiger partial charge on any atom is -0.490 e. The lowest BCUT2D eigenvalue weighted by Gasteiger charge is -2.22. The van der Waals surface area contributed by atoms with Gasteiger partial charge in [-0.3, -0.25) is 4.79 Å². The van der Waals surface area contributed by atoms with Gasteiger partial charge in [-0.05, 0) is 45.4 Å².